The number of aryl methyl sites for hydroxylation is 1. The number of hydrogen-bond acceptors (Lipinski definition) is 4. The third-order valence-corrected chi connectivity index (χ3v) is 4.80. The molecule has 2 N–H and O–H groups in total. The van der Waals surface area contributed by atoms with E-state index in [0.717, 1.165) is 0 Å². The lowest BCUT2D eigenvalue weighted by Crippen LogP contribution is -2.13. The minimum absolute atomic E-state index is 0.223. The van der Waals surface area contributed by atoms with Crippen molar-refractivity contribution < 1.29 is 9.59 Å². The Balaban J connectivity index is 1.69. The molecule has 0 saturated carbocycles. The number of rotatable bonds is 5. The summed E-state index contributed by atoms with van der Waals surface area (Å²) in [6.07, 6.45) is 0. The first-order valence-electron chi connectivity index (χ1n) is 8.24. The molecule has 0 saturated heterocycles. The molecule has 2 amide bonds. The van der Waals surface area contributed by atoms with E-state index in [4.69, 9.17) is 0 Å². The zero-order valence-corrected chi connectivity index (χ0v) is 15.6. The van der Waals surface area contributed by atoms with Crippen LogP contribution in [0.2, 0.25) is 0 Å². The highest BCUT2D eigenvalue weighted by molar-refractivity contribution is 7.12. The van der Waals surface area contributed by atoms with Crippen LogP contribution < -0.4 is 10.6 Å². The zero-order chi connectivity index (χ0) is 18.7. The first-order chi connectivity index (χ1) is 12.4. The zero-order valence-electron chi connectivity index (χ0n) is 14.8. The quantitative estimate of drug-likeness (QED) is 0.711. The molecule has 3 rings (SSSR count). The van der Waals surface area contributed by atoms with E-state index in [-0.39, 0.29) is 17.5 Å². The fourth-order valence-corrected chi connectivity index (χ4v) is 3.05. The largest absolute Gasteiger partial charge is 0.321 e. The van der Waals surface area contributed by atoms with Gasteiger partial charge in [0.05, 0.1) is 4.88 Å². The van der Waals surface area contributed by atoms with Crippen LogP contribution in [0.3, 0.4) is 0 Å². The molecule has 7 heteroatoms. The van der Waals surface area contributed by atoms with Crippen LogP contribution in [-0.4, -0.2) is 21.6 Å². The number of carbonyl (C=O) groups excluding carboxylic acids is 2. The van der Waals surface area contributed by atoms with E-state index in [2.05, 4.69) is 29.6 Å². The molecule has 134 valence electrons. The second-order valence-corrected chi connectivity index (χ2v) is 7.15. The Morgan fingerprint density at radius 1 is 1.08 bits per heavy atom. The lowest BCUT2D eigenvalue weighted by atomic mass is 10.0. The minimum Gasteiger partial charge on any atom is -0.321 e. The van der Waals surface area contributed by atoms with Gasteiger partial charge in [-0.2, -0.15) is 5.10 Å². The van der Waals surface area contributed by atoms with Crippen LogP contribution in [0.1, 0.15) is 45.5 Å². The van der Waals surface area contributed by atoms with Gasteiger partial charge < -0.3 is 10.6 Å². The number of benzene rings is 1. The van der Waals surface area contributed by atoms with E-state index in [9.17, 15) is 9.59 Å². The number of hydrogen-bond donors (Lipinski definition) is 2. The van der Waals surface area contributed by atoms with Gasteiger partial charge in [0.2, 0.25) is 0 Å². The molecular weight excluding hydrogens is 348 g/mol. The van der Waals surface area contributed by atoms with Crippen molar-refractivity contribution in [2.24, 2.45) is 7.05 Å². The minimum atomic E-state index is -0.325. The summed E-state index contributed by atoms with van der Waals surface area (Å²) in [5.74, 6) is 0.350. The number of carbonyl (C=O) groups is 2. The van der Waals surface area contributed by atoms with Gasteiger partial charge in [0.25, 0.3) is 11.8 Å². The summed E-state index contributed by atoms with van der Waals surface area (Å²) in [5.41, 5.74) is 2.15. The molecule has 0 bridgehead atoms. The molecule has 2 heterocycles. The Hall–Kier alpha value is -2.93. The molecule has 0 radical (unpaired) electrons. The molecule has 0 aliphatic carbocycles. The van der Waals surface area contributed by atoms with Crippen molar-refractivity contribution in [1.82, 2.24) is 9.78 Å². The average molecular weight is 368 g/mol. The van der Waals surface area contributed by atoms with E-state index in [0.29, 0.717) is 22.3 Å². The van der Waals surface area contributed by atoms with E-state index < -0.39 is 0 Å². The highest BCUT2D eigenvalue weighted by Gasteiger charge is 2.16. The Labute approximate surface area is 155 Å². The molecule has 2 aromatic heterocycles. The van der Waals surface area contributed by atoms with E-state index >= 15 is 0 Å². The maximum absolute atomic E-state index is 12.4. The summed E-state index contributed by atoms with van der Waals surface area (Å²) in [6, 6.07) is 12.8. The third-order valence-electron chi connectivity index (χ3n) is 3.93. The monoisotopic (exact) mass is 368 g/mol. The second kappa shape index (κ2) is 7.53. The van der Waals surface area contributed by atoms with E-state index in [1.807, 2.05) is 35.7 Å². The van der Waals surface area contributed by atoms with Crippen molar-refractivity contribution in [2.75, 3.05) is 10.6 Å². The normalized spacial score (nSPS) is 10.8. The maximum atomic E-state index is 12.4. The fraction of sp³-hybridized carbons (Fsp3) is 0.211. The summed E-state index contributed by atoms with van der Waals surface area (Å²) in [7, 11) is 1.68. The van der Waals surface area contributed by atoms with Crippen LogP contribution >= 0.6 is 11.3 Å². The van der Waals surface area contributed by atoms with Crippen molar-refractivity contribution in [1.29, 1.82) is 0 Å². The maximum Gasteiger partial charge on any atom is 0.276 e. The number of thiophene rings is 1. The van der Waals surface area contributed by atoms with Crippen molar-refractivity contribution in [3.63, 3.8) is 0 Å². The van der Waals surface area contributed by atoms with Crippen LogP contribution in [0.4, 0.5) is 11.5 Å². The Morgan fingerprint density at radius 3 is 2.42 bits per heavy atom. The van der Waals surface area contributed by atoms with Gasteiger partial charge >= 0.3 is 0 Å². The number of aromatic nitrogens is 2. The van der Waals surface area contributed by atoms with Crippen LogP contribution in [0.25, 0.3) is 0 Å². The molecule has 3 aromatic rings. The second-order valence-electron chi connectivity index (χ2n) is 6.20. The molecule has 1 aromatic carbocycles. The summed E-state index contributed by atoms with van der Waals surface area (Å²) in [5, 5.41) is 11.6. The van der Waals surface area contributed by atoms with Gasteiger partial charge in [-0.05, 0) is 35.1 Å². The van der Waals surface area contributed by atoms with Crippen molar-refractivity contribution in [3.8, 4) is 0 Å². The molecule has 26 heavy (non-hydrogen) atoms. The van der Waals surface area contributed by atoms with Gasteiger partial charge in [-0.15, -0.1) is 11.3 Å². The van der Waals surface area contributed by atoms with Gasteiger partial charge in [-0.25, -0.2) is 0 Å². The Kier molecular flexibility index (Phi) is 5.18. The summed E-state index contributed by atoms with van der Waals surface area (Å²) in [4.78, 5) is 25.2. The molecule has 0 atom stereocenters. The smallest absolute Gasteiger partial charge is 0.276 e. The van der Waals surface area contributed by atoms with Gasteiger partial charge in [0, 0.05) is 18.8 Å². The number of nitrogens with one attached hydrogen (secondary N) is 2. The topological polar surface area (TPSA) is 76.0 Å². The van der Waals surface area contributed by atoms with Gasteiger partial charge in [0.1, 0.15) is 5.82 Å². The average Bonchev–Trinajstić information content (AvgIpc) is 3.26. The summed E-state index contributed by atoms with van der Waals surface area (Å²) >= 11 is 1.35. The molecule has 0 spiro atoms. The SMILES string of the molecule is CC(C)c1ccc(NC(=O)c2cc(NC(=O)c3cccs3)n(C)n2)cc1. The fourth-order valence-electron chi connectivity index (χ4n) is 2.43. The van der Waals surface area contributed by atoms with Crippen molar-refractivity contribution >= 4 is 34.7 Å². The molecule has 0 aliphatic rings. The van der Waals surface area contributed by atoms with Crippen LogP contribution in [0, 0.1) is 0 Å². The number of amides is 2. The lowest BCUT2D eigenvalue weighted by molar-refractivity contribution is 0.101. The Bertz CT molecular complexity index is 912. The van der Waals surface area contributed by atoms with E-state index in [1.54, 1.807) is 19.2 Å². The summed E-state index contributed by atoms with van der Waals surface area (Å²) in [6.45, 7) is 4.24. The predicted octanol–water partition coefficient (Wildman–Crippen LogP) is 4.11. The van der Waals surface area contributed by atoms with E-state index in [1.165, 1.54) is 21.6 Å². The van der Waals surface area contributed by atoms with Gasteiger partial charge in [-0.1, -0.05) is 32.0 Å². The molecule has 6 nitrogen and oxygen atoms in total. The highest BCUT2D eigenvalue weighted by atomic mass is 32.1. The summed E-state index contributed by atoms with van der Waals surface area (Å²) < 4.78 is 1.47. The third kappa shape index (κ3) is 4.00. The molecule has 0 unspecified atom stereocenters. The Morgan fingerprint density at radius 2 is 1.81 bits per heavy atom. The molecule has 0 aliphatic heterocycles. The first-order valence-corrected chi connectivity index (χ1v) is 9.12. The van der Waals surface area contributed by atoms with Crippen LogP contribution in [0.5, 0.6) is 0 Å². The highest BCUT2D eigenvalue weighted by Crippen LogP contribution is 2.18. The molecule has 0 fully saturated rings. The van der Waals surface area contributed by atoms with Crippen LogP contribution in [-0.2, 0) is 7.05 Å². The standard InChI is InChI=1S/C19H20N4O2S/c1-12(2)13-6-8-14(9-7-13)20-18(24)15-11-17(23(3)22-15)21-19(25)16-5-4-10-26-16/h4-12H,1-3H3,(H,20,24)(H,21,25). The van der Waals surface area contributed by atoms with Gasteiger partial charge in [-0.3, -0.25) is 14.3 Å². The molecular formula is C19H20N4O2S. The predicted molar refractivity (Wildman–Crippen MR) is 104 cm³/mol. The number of nitrogens with zero attached hydrogens (tertiary/aromatic N) is 2. The van der Waals surface area contributed by atoms with Gasteiger partial charge in [0.15, 0.2) is 5.69 Å². The number of anilines is 2. The van der Waals surface area contributed by atoms with Crippen LogP contribution in [0.15, 0.2) is 47.8 Å². The van der Waals surface area contributed by atoms with Crippen molar-refractivity contribution in [3.05, 3.63) is 64.0 Å². The lowest BCUT2D eigenvalue weighted by Gasteiger charge is -2.07. The first kappa shape index (κ1) is 17.9. The van der Waals surface area contributed by atoms with Crippen molar-refractivity contribution in [2.45, 2.75) is 19.8 Å².